The van der Waals surface area contributed by atoms with Crippen molar-refractivity contribution in [1.29, 1.82) is 0 Å². The van der Waals surface area contributed by atoms with E-state index in [2.05, 4.69) is 5.32 Å². The SMILES string of the molecule is CCNC(=O)c1cc(S(=O)(=O)N2CCc3cc(OC)c(OC)cc3C2)cs1. The third kappa shape index (κ3) is 3.80. The van der Waals surface area contributed by atoms with Gasteiger partial charge in [0.1, 0.15) is 0 Å². The minimum atomic E-state index is -3.68. The van der Waals surface area contributed by atoms with E-state index in [1.807, 2.05) is 19.1 Å². The van der Waals surface area contributed by atoms with Crippen LogP contribution in [0.3, 0.4) is 0 Å². The van der Waals surface area contributed by atoms with Gasteiger partial charge in [-0.3, -0.25) is 4.79 Å². The standard InChI is InChI=1S/C18H22N2O5S2/c1-4-19-18(21)17-9-14(11-26-17)27(22,23)20-6-5-12-7-15(24-2)16(25-3)8-13(12)10-20/h7-9,11H,4-6,10H2,1-3H3,(H,19,21). The van der Waals surface area contributed by atoms with Crippen LogP contribution < -0.4 is 14.8 Å². The topological polar surface area (TPSA) is 84.9 Å². The van der Waals surface area contributed by atoms with Crippen molar-refractivity contribution in [1.82, 2.24) is 9.62 Å². The third-order valence-corrected chi connectivity index (χ3v) is 7.36. The Kier molecular flexibility index (Phi) is 5.73. The molecule has 0 aliphatic carbocycles. The lowest BCUT2D eigenvalue weighted by molar-refractivity contribution is 0.0959. The molecular formula is C18H22N2O5S2. The van der Waals surface area contributed by atoms with Gasteiger partial charge in [0.05, 0.1) is 24.0 Å². The van der Waals surface area contributed by atoms with Gasteiger partial charge in [-0.15, -0.1) is 11.3 Å². The van der Waals surface area contributed by atoms with E-state index in [1.165, 1.54) is 15.8 Å². The molecule has 146 valence electrons. The summed E-state index contributed by atoms with van der Waals surface area (Å²) in [6.07, 6.45) is 0.586. The number of carbonyl (C=O) groups excluding carboxylic acids is 1. The molecule has 27 heavy (non-hydrogen) atoms. The first-order valence-corrected chi connectivity index (χ1v) is 10.8. The molecule has 9 heteroatoms. The van der Waals surface area contributed by atoms with Gasteiger partial charge in [-0.1, -0.05) is 0 Å². The van der Waals surface area contributed by atoms with Crippen molar-refractivity contribution in [3.63, 3.8) is 0 Å². The number of nitrogens with zero attached hydrogens (tertiary/aromatic N) is 1. The average molecular weight is 411 g/mol. The van der Waals surface area contributed by atoms with Crippen LogP contribution in [0, 0.1) is 0 Å². The minimum absolute atomic E-state index is 0.151. The van der Waals surface area contributed by atoms with Gasteiger partial charge < -0.3 is 14.8 Å². The van der Waals surface area contributed by atoms with E-state index in [4.69, 9.17) is 9.47 Å². The largest absolute Gasteiger partial charge is 0.493 e. The molecule has 0 unspecified atom stereocenters. The van der Waals surface area contributed by atoms with E-state index in [1.54, 1.807) is 14.2 Å². The van der Waals surface area contributed by atoms with Crippen LogP contribution in [0.1, 0.15) is 27.7 Å². The maximum atomic E-state index is 13.0. The monoisotopic (exact) mass is 410 g/mol. The smallest absolute Gasteiger partial charge is 0.261 e. The highest BCUT2D eigenvalue weighted by Gasteiger charge is 2.30. The van der Waals surface area contributed by atoms with Crippen LogP contribution in [-0.2, 0) is 23.0 Å². The van der Waals surface area contributed by atoms with E-state index in [0.717, 1.165) is 22.5 Å². The van der Waals surface area contributed by atoms with Gasteiger partial charge in [-0.05, 0) is 42.7 Å². The number of sulfonamides is 1. The van der Waals surface area contributed by atoms with Crippen molar-refractivity contribution >= 4 is 27.3 Å². The fourth-order valence-electron chi connectivity index (χ4n) is 3.03. The van der Waals surface area contributed by atoms with Crippen molar-refractivity contribution < 1.29 is 22.7 Å². The lowest BCUT2D eigenvalue weighted by Crippen LogP contribution is -2.35. The van der Waals surface area contributed by atoms with Crippen LogP contribution in [0.15, 0.2) is 28.5 Å². The number of ether oxygens (including phenoxy) is 2. The predicted molar refractivity (Wildman–Crippen MR) is 103 cm³/mol. The fraction of sp³-hybridized carbons (Fsp3) is 0.389. The Morgan fingerprint density at radius 1 is 1.19 bits per heavy atom. The Hall–Kier alpha value is -2.10. The van der Waals surface area contributed by atoms with Crippen molar-refractivity contribution in [3.8, 4) is 11.5 Å². The van der Waals surface area contributed by atoms with Gasteiger partial charge in [-0.2, -0.15) is 4.31 Å². The molecule has 0 saturated carbocycles. The summed E-state index contributed by atoms with van der Waals surface area (Å²) in [6, 6.07) is 5.16. The molecule has 1 aromatic heterocycles. The maximum Gasteiger partial charge on any atom is 0.261 e. The zero-order valence-corrected chi connectivity index (χ0v) is 17.1. The van der Waals surface area contributed by atoms with Gasteiger partial charge in [0.2, 0.25) is 10.0 Å². The van der Waals surface area contributed by atoms with Crippen LogP contribution in [0.25, 0.3) is 0 Å². The molecular weight excluding hydrogens is 388 g/mol. The average Bonchev–Trinajstić information content (AvgIpc) is 3.17. The van der Waals surface area contributed by atoms with Crippen LogP contribution in [-0.4, -0.2) is 45.9 Å². The van der Waals surface area contributed by atoms with Crippen molar-refractivity contribution in [2.24, 2.45) is 0 Å². The summed E-state index contributed by atoms with van der Waals surface area (Å²) < 4.78 is 38.1. The molecule has 0 radical (unpaired) electrons. The van der Waals surface area contributed by atoms with Gasteiger partial charge in [-0.25, -0.2) is 8.42 Å². The van der Waals surface area contributed by atoms with Gasteiger partial charge in [0.15, 0.2) is 11.5 Å². The summed E-state index contributed by atoms with van der Waals surface area (Å²) in [4.78, 5) is 12.5. The molecule has 1 aromatic carbocycles. The van der Waals surface area contributed by atoms with Gasteiger partial charge >= 0.3 is 0 Å². The minimum Gasteiger partial charge on any atom is -0.493 e. The van der Waals surface area contributed by atoms with Crippen LogP contribution in [0.2, 0.25) is 0 Å². The molecule has 1 aliphatic rings. The number of methoxy groups -OCH3 is 2. The molecule has 0 bridgehead atoms. The number of fused-ring (bicyclic) bond motifs is 1. The molecule has 7 nitrogen and oxygen atoms in total. The molecule has 2 aromatic rings. The highest BCUT2D eigenvalue weighted by molar-refractivity contribution is 7.89. The van der Waals surface area contributed by atoms with Crippen molar-refractivity contribution in [2.75, 3.05) is 27.3 Å². The van der Waals surface area contributed by atoms with Gasteiger partial charge in [0, 0.05) is 25.0 Å². The number of carbonyl (C=O) groups is 1. The van der Waals surface area contributed by atoms with E-state index in [-0.39, 0.29) is 17.3 Å². The second-order valence-electron chi connectivity index (χ2n) is 6.07. The summed E-state index contributed by atoms with van der Waals surface area (Å²) in [7, 11) is -0.548. The highest BCUT2D eigenvalue weighted by Crippen LogP contribution is 2.35. The zero-order chi connectivity index (χ0) is 19.6. The summed E-state index contributed by atoms with van der Waals surface area (Å²) in [6.45, 7) is 2.94. The van der Waals surface area contributed by atoms with Crippen molar-refractivity contribution in [3.05, 3.63) is 39.6 Å². The molecule has 0 fully saturated rings. The second kappa shape index (κ2) is 7.87. The summed E-state index contributed by atoms with van der Waals surface area (Å²) in [5.41, 5.74) is 1.94. The Morgan fingerprint density at radius 3 is 2.48 bits per heavy atom. The van der Waals surface area contributed by atoms with E-state index >= 15 is 0 Å². The quantitative estimate of drug-likeness (QED) is 0.790. The van der Waals surface area contributed by atoms with Crippen LogP contribution >= 0.6 is 11.3 Å². The van der Waals surface area contributed by atoms with E-state index < -0.39 is 10.0 Å². The van der Waals surface area contributed by atoms with Crippen molar-refractivity contribution in [2.45, 2.75) is 24.8 Å². The Labute approximate surface area is 163 Å². The first-order valence-electron chi connectivity index (χ1n) is 8.51. The maximum absolute atomic E-state index is 13.0. The number of amides is 1. The number of rotatable bonds is 6. The molecule has 2 heterocycles. The third-order valence-electron chi connectivity index (χ3n) is 4.46. The Morgan fingerprint density at radius 2 is 1.85 bits per heavy atom. The van der Waals surface area contributed by atoms with Crippen LogP contribution in [0.4, 0.5) is 0 Å². The van der Waals surface area contributed by atoms with E-state index in [9.17, 15) is 13.2 Å². The summed E-state index contributed by atoms with van der Waals surface area (Å²) >= 11 is 1.13. The molecule has 0 spiro atoms. The Bertz CT molecular complexity index is 953. The normalized spacial score (nSPS) is 14.5. The Balaban J connectivity index is 1.86. The molecule has 1 aliphatic heterocycles. The lowest BCUT2D eigenvalue weighted by Gasteiger charge is -2.28. The van der Waals surface area contributed by atoms with Crippen LogP contribution in [0.5, 0.6) is 11.5 Å². The summed E-state index contributed by atoms with van der Waals surface area (Å²) in [5.74, 6) is 0.950. The summed E-state index contributed by atoms with van der Waals surface area (Å²) in [5, 5.41) is 4.20. The molecule has 3 rings (SSSR count). The number of thiophene rings is 1. The first-order chi connectivity index (χ1) is 12.9. The number of benzene rings is 1. The zero-order valence-electron chi connectivity index (χ0n) is 15.4. The number of hydrogen-bond acceptors (Lipinski definition) is 6. The number of hydrogen-bond donors (Lipinski definition) is 1. The first kappa shape index (κ1) is 19.7. The molecule has 0 saturated heterocycles. The number of nitrogens with one attached hydrogen (secondary N) is 1. The lowest BCUT2D eigenvalue weighted by atomic mass is 10.0. The predicted octanol–water partition coefficient (Wildman–Crippen LogP) is 2.26. The second-order valence-corrected chi connectivity index (χ2v) is 8.92. The van der Waals surface area contributed by atoms with Gasteiger partial charge in [0.25, 0.3) is 5.91 Å². The molecule has 1 amide bonds. The highest BCUT2D eigenvalue weighted by atomic mass is 32.2. The fourth-order valence-corrected chi connectivity index (χ4v) is 5.63. The molecule has 1 N–H and O–H groups in total. The van der Waals surface area contributed by atoms with E-state index in [0.29, 0.717) is 35.9 Å². The molecule has 0 atom stereocenters.